The molecule has 2 atom stereocenters. The van der Waals surface area contributed by atoms with Gasteiger partial charge in [0.1, 0.15) is 0 Å². The molecule has 0 aliphatic heterocycles. The van der Waals surface area contributed by atoms with Gasteiger partial charge in [-0.3, -0.25) is 0 Å². The van der Waals surface area contributed by atoms with Crippen molar-refractivity contribution in [3.8, 4) is 0 Å². The summed E-state index contributed by atoms with van der Waals surface area (Å²) >= 11 is 3.56. The first-order chi connectivity index (χ1) is 9.87. The Morgan fingerprint density at radius 1 is 1.43 bits per heavy atom. The van der Waals surface area contributed by atoms with Crippen molar-refractivity contribution in [2.75, 3.05) is 0 Å². The molecule has 2 aliphatic rings. The molecule has 0 heterocycles. The SMILES string of the molecule is CC(C)(O)CCCC=C=C1CC[C@H]2/C(=C/Br)CCC[C@]12C. The summed E-state index contributed by atoms with van der Waals surface area (Å²) in [6, 6.07) is 0. The highest BCUT2D eigenvalue weighted by Gasteiger charge is 2.45. The number of fused-ring (bicyclic) bond motifs is 1. The summed E-state index contributed by atoms with van der Waals surface area (Å²) in [5, 5.41) is 9.73. The van der Waals surface area contributed by atoms with Crippen molar-refractivity contribution in [3.63, 3.8) is 0 Å². The second kappa shape index (κ2) is 6.86. The number of rotatable bonds is 4. The fourth-order valence-electron chi connectivity index (χ4n) is 4.06. The summed E-state index contributed by atoms with van der Waals surface area (Å²) in [5.74, 6) is 0.720. The lowest BCUT2D eigenvalue weighted by Crippen LogP contribution is -2.28. The zero-order valence-electron chi connectivity index (χ0n) is 13.7. The van der Waals surface area contributed by atoms with Crippen molar-refractivity contribution < 1.29 is 5.11 Å². The molecule has 0 unspecified atom stereocenters. The van der Waals surface area contributed by atoms with Crippen LogP contribution in [0.5, 0.6) is 0 Å². The third-order valence-electron chi connectivity index (χ3n) is 5.30. The molecule has 0 aromatic rings. The molecule has 0 amide bonds. The van der Waals surface area contributed by atoms with Crippen molar-refractivity contribution in [2.45, 2.75) is 77.7 Å². The molecule has 2 fully saturated rings. The number of unbranched alkanes of at least 4 members (excludes halogenated alkanes) is 1. The van der Waals surface area contributed by atoms with E-state index in [2.05, 4.69) is 39.6 Å². The van der Waals surface area contributed by atoms with E-state index in [0.29, 0.717) is 5.41 Å². The van der Waals surface area contributed by atoms with Crippen LogP contribution in [0.4, 0.5) is 0 Å². The molecule has 0 spiro atoms. The molecule has 21 heavy (non-hydrogen) atoms. The van der Waals surface area contributed by atoms with Crippen LogP contribution in [0, 0.1) is 11.3 Å². The fourth-order valence-corrected chi connectivity index (χ4v) is 4.60. The molecule has 0 aromatic carbocycles. The first kappa shape index (κ1) is 17.1. The van der Waals surface area contributed by atoms with Crippen molar-refractivity contribution >= 4 is 15.9 Å². The zero-order chi connectivity index (χ0) is 15.5. The Morgan fingerprint density at radius 3 is 2.86 bits per heavy atom. The zero-order valence-corrected chi connectivity index (χ0v) is 15.3. The standard InChI is InChI=1S/C19H29BrO/c1-18(2,21)12-6-4-5-9-16-10-11-17-15(14-20)8-7-13-19(16,17)3/h5,14,17,21H,4,6-8,10-13H2,1-3H3/b15-14+/t9?,17-,19+/m0/s1. The van der Waals surface area contributed by atoms with Crippen LogP contribution in [0.3, 0.4) is 0 Å². The minimum atomic E-state index is -0.537. The van der Waals surface area contributed by atoms with E-state index in [1.54, 1.807) is 5.57 Å². The van der Waals surface area contributed by atoms with Gasteiger partial charge in [0, 0.05) is 5.41 Å². The Morgan fingerprint density at radius 2 is 2.19 bits per heavy atom. The van der Waals surface area contributed by atoms with Gasteiger partial charge in [0.05, 0.1) is 5.60 Å². The van der Waals surface area contributed by atoms with Crippen molar-refractivity contribution in [2.24, 2.45) is 11.3 Å². The average Bonchev–Trinajstić information content (AvgIpc) is 2.74. The van der Waals surface area contributed by atoms with Crippen LogP contribution in [0.15, 0.2) is 27.9 Å². The third-order valence-corrected chi connectivity index (χ3v) is 5.89. The molecule has 2 aliphatic carbocycles. The monoisotopic (exact) mass is 352 g/mol. The van der Waals surface area contributed by atoms with Crippen LogP contribution < -0.4 is 0 Å². The Balaban J connectivity index is 2.02. The fraction of sp³-hybridized carbons (Fsp3) is 0.737. The molecule has 0 saturated heterocycles. The normalized spacial score (nSPS) is 31.2. The van der Waals surface area contributed by atoms with Crippen LogP contribution in [0.1, 0.15) is 72.1 Å². The molecule has 0 aromatic heterocycles. The van der Waals surface area contributed by atoms with E-state index >= 15 is 0 Å². The molecule has 1 nitrogen and oxygen atoms in total. The van der Waals surface area contributed by atoms with E-state index in [0.717, 1.165) is 25.2 Å². The second-order valence-electron chi connectivity index (χ2n) is 7.58. The number of halogens is 1. The lowest BCUT2D eigenvalue weighted by atomic mass is 9.66. The van der Waals surface area contributed by atoms with Gasteiger partial charge in [0.25, 0.3) is 0 Å². The van der Waals surface area contributed by atoms with E-state index < -0.39 is 5.60 Å². The molecule has 0 bridgehead atoms. The Bertz CT molecular complexity index is 462. The first-order valence-electron chi connectivity index (χ1n) is 8.33. The van der Waals surface area contributed by atoms with Crippen LogP contribution in [0.2, 0.25) is 0 Å². The van der Waals surface area contributed by atoms with Crippen LogP contribution >= 0.6 is 15.9 Å². The third kappa shape index (κ3) is 4.12. The Kier molecular flexibility index (Phi) is 5.57. The lowest BCUT2D eigenvalue weighted by molar-refractivity contribution is 0.0691. The number of hydrogen-bond donors (Lipinski definition) is 1. The smallest absolute Gasteiger partial charge is 0.0591 e. The van der Waals surface area contributed by atoms with E-state index in [9.17, 15) is 5.11 Å². The molecular weight excluding hydrogens is 324 g/mol. The predicted octanol–water partition coefficient (Wildman–Crippen LogP) is 5.89. The molecule has 2 rings (SSSR count). The predicted molar refractivity (Wildman–Crippen MR) is 93.4 cm³/mol. The summed E-state index contributed by atoms with van der Waals surface area (Å²) in [7, 11) is 0. The van der Waals surface area contributed by atoms with Crippen molar-refractivity contribution in [1.82, 2.24) is 0 Å². The Hall–Kier alpha value is -0.300. The first-order valence-corrected chi connectivity index (χ1v) is 9.24. The van der Waals surface area contributed by atoms with Gasteiger partial charge < -0.3 is 5.11 Å². The van der Waals surface area contributed by atoms with Crippen LogP contribution in [-0.2, 0) is 0 Å². The molecule has 118 valence electrons. The van der Waals surface area contributed by atoms with E-state index in [1.807, 2.05) is 13.8 Å². The van der Waals surface area contributed by atoms with Gasteiger partial charge in [-0.15, -0.1) is 5.73 Å². The van der Waals surface area contributed by atoms with Crippen LogP contribution in [-0.4, -0.2) is 10.7 Å². The molecular formula is C19H29BrO. The quantitative estimate of drug-likeness (QED) is 0.494. The molecule has 2 saturated carbocycles. The number of allylic oxidation sites excluding steroid dienone is 2. The van der Waals surface area contributed by atoms with Crippen LogP contribution in [0.25, 0.3) is 0 Å². The van der Waals surface area contributed by atoms with E-state index in [4.69, 9.17) is 0 Å². The van der Waals surface area contributed by atoms with E-state index in [1.165, 1.54) is 37.7 Å². The maximum atomic E-state index is 9.73. The number of aliphatic hydroxyl groups is 1. The van der Waals surface area contributed by atoms with Gasteiger partial charge in [-0.1, -0.05) is 28.4 Å². The maximum Gasteiger partial charge on any atom is 0.0591 e. The second-order valence-corrected chi connectivity index (χ2v) is 8.04. The summed E-state index contributed by atoms with van der Waals surface area (Å²) in [4.78, 5) is 2.17. The lowest BCUT2D eigenvalue weighted by Gasteiger charge is -2.38. The topological polar surface area (TPSA) is 20.2 Å². The maximum absolute atomic E-state index is 9.73. The molecule has 2 heteroatoms. The summed E-state index contributed by atoms with van der Waals surface area (Å²) in [6.07, 6.45) is 11.5. The molecule has 0 radical (unpaired) electrons. The van der Waals surface area contributed by atoms with Gasteiger partial charge in [0.2, 0.25) is 0 Å². The summed E-state index contributed by atoms with van der Waals surface area (Å²) in [5.41, 5.74) is 6.55. The molecule has 1 N–H and O–H groups in total. The van der Waals surface area contributed by atoms with Gasteiger partial charge in [0.15, 0.2) is 0 Å². The van der Waals surface area contributed by atoms with Gasteiger partial charge >= 0.3 is 0 Å². The minimum Gasteiger partial charge on any atom is -0.390 e. The van der Waals surface area contributed by atoms with Gasteiger partial charge in [-0.25, -0.2) is 0 Å². The highest BCUT2D eigenvalue weighted by molar-refractivity contribution is 9.11. The summed E-state index contributed by atoms with van der Waals surface area (Å²) in [6.45, 7) is 6.20. The highest BCUT2D eigenvalue weighted by Crippen LogP contribution is 2.56. The van der Waals surface area contributed by atoms with Gasteiger partial charge in [-0.2, -0.15) is 0 Å². The largest absolute Gasteiger partial charge is 0.390 e. The van der Waals surface area contributed by atoms with Crippen molar-refractivity contribution in [1.29, 1.82) is 0 Å². The minimum absolute atomic E-state index is 0.338. The van der Waals surface area contributed by atoms with E-state index in [-0.39, 0.29) is 0 Å². The Labute approximate surface area is 138 Å². The van der Waals surface area contributed by atoms with Crippen molar-refractivity contribution in [3.05, 3.63) is 27.9 Å². The number of hydrogen-bond acceptors (Lipinski definition) is 1. The highest BCUT2D eigenvalue weighted by atomic mass is 79.9. The average molecular weight is 353 g/mol. The summed E-state index contributed by atoms with van der Waals surface area (Å²) < 4.78 is 0. The van der Waals surface area contributed by atoms with Gasteiger partial charge in [-0.05, 0) is 87.8 Å².